The molecule has 1 amide bonds. The van der Waals surface area contributed by atoms with Crippen LogP contribution in [0.3, 0.4) is 0 Å². The van der Waals surface area contributed by atoms with Crippen LogP contribution in [0.25, 0.3) is 10.9 Å². The number of carbonyl (C=O) groups is 1. The smallest absolute Gasteiger partial charge is 0.383 e. The van der Waals surface area contributed by atoms with E-state index in [0.717, 1.165) is 23.2 Å². The van der Waals surface area contributed by atoms with Crippen molar-refractivity contribution in [2.45, 2.75) is 32.5 Å². The van der Waals surface area contributed by atoms with Gasteiger partial charge in [0.1, 0.15) is 5.82 Å². The molecule has 4 rings (SSSR count). The van der Waals surface area contributed by atoms with Crippen LogP contribution in [0.1, 0.15) is 40.0 Å². The summed E-state index contributed by atoms with van der Waals surface area (Å²) in [4.78, 5) is 23.0. The van der Waals surface area contributed by atoms with E-state index in [9.17, 15) is 23.2 Å². The van der Waals surface area contributed by atoms with Crippen LogP contribution in [-0.2, 0) is 12.7 Å². The van der Waals surface area contributed by atoms with Crippen molar-refractivity contribution in [2.24, 2.45) is 5.41 Å². The highest BCUT2D eigenvalue weighted by Crippen LogP contribution is 2.45. The number of aromatic nitrogens is 2. The van der Waals surface area contributed by atoms with Crippen molar-refractivity contribution < 1.29 is 18.0 Å². The van der Waals surface area contributed by atoms with Crippen molar-refractivity contribution in [3.63, 3.8) is 0 Å². The number of hydrogen-bond donors (Lipinski definition) is 1. The molecule has 0 aliphatic heterocycles. The SMILES string of the molecule is Cc1cc2cc(C(=O)N(Cc3ccc(C(F)(F)F)cn3)CC3(C#N)CC3)ccc2nc1N. The maximum Gasteiger partial charge on any atom is 0.417 e. The number of rotatable bonds is 5. The lowest BCUT2D eigenvalue weighted by Crippen LogP contribution is -2.35. The predicted molar refractivity (Wildman–Crippen MR) is 112 cm³/mol. The van der Waals surface area contributed by atoms with Gasteiger partial charge >= 0.3 is 6.18 Å². The van der Waals surface area contributed by atoms with Crippen LogP contribution < -0.4 is 5.73 Å². The third kappa shape index (κ3) is 4.35. The van der Waals surface area contributed by atoms with Gasteiger partial charge in [-0.25, -0.2) is 4.98 Å². The van der Waals surface area contributed by atoms with Gasteiger partial charge in [0.2, 0.25) is 0 Å². The molecule has 2 N–H and O–H groups in total. The largest absolute Gasteiger partial charge is 0.417 e. The van der Waals surface area contributed by atoms with Crippen molar-refractivity contribution in [3.8, 4) is 6.07 Å². The minimum Gasteiger partial charge on any atom is -0.383 e. The molecule has 2 aromatic heterocycles. The highest BCUT2D eigenvalue weighted by atomic mass is 19.4. The predicted octanol–water partition coefficient (Wildman–Crippen LogP) is 4.49. The molecule has 1 aromatic carbocycles. The molecule has 0 spiro atoms. The number of halogens is 3. The third-order valence-electron chi connectivity index (χ3n) is 5.67. The van der Waals surface area contributed by atoms with Crippen LogP contribution in [0.5, 0.6) is 0 Å². The van der Waals surface area contributed by atoms with E-state index in [1.54, 1.807) is 18.2 Å². The number of nitrogen functional groups attached to an aromatic ring is 1. The molecule has 1 fully saturated rings. The third-order valence-corrected chi connectivity index (χ3v) is 5.67. The minimum atomic E-state index is -4.49. The average molecular weight is 439 g/mol. The number of alkyl halides is 3. The van der Waals surface area contributed by atoms with Gasteiger partial charge in [0.05, 0.1) is 34.8 Å². The van der Waals surface area contributed by atoms with E-state index < -0.39 is 17.2 Å². The minimum absolute atomic E-state index is 0.00253. The van der Waals surface area contributed by atoms with Crippen molar-refractivity contribution in [1.82, 2.24) is 14.9 Å². The van der Waals surface area contributed by atoms with Gasteiger partial charge in [0.25, 0.3) is 5.91 Å². The first-order chi connectivity index (χ1) is 15.1. The second kappa shape index (κ2) is 7.79. The maximum absolute atomic E-state index is 13.4. The van der Waals surface area contributed by atoms with Gasteiger partial charge in [-0.15, -0.1) is 0 Å². The van der Waals surface area contributed by atoms with Gasteiger partial charge in [-0.05, 0) is 61.7 Å². The molecule has 1 saturated carbocycles. The lowest BCUT2D eigenvalue weighted by molar-refractivity contribution is -0.137. The van der Waals surface area contributed by atoms with Crippen LogP contribution in [0.4, 0.5) is 19.0 Å². The van der Waals surface area contributed by atoms with Crippen LogP contribution in [0.15, 0.2) is 42.6 Å². The molecule has 3 aromatic rings. The zero-order chi connectivity index (χ0) is 23.1. The van der Waals surface area contributed by atoms with E-state index in [4.69, 9.17) is 5.73 Å². The molecule has 0 saturated heterocycles. The number of anilines is 1. The lowest BCUT2D eigenvalue weighted by atomic mass is 10.1. The van der Waals surface area contributed by atoms with Crippen molar-refractivity contribution >= 4 is 22.6 Å². The molecular formula is C23H20F3N5O. The van der Waals surface area contributed by atoms with Gasteiger partial charge in [-0.3, -0.25) is 9.78 Å². The summed E-state index contributed by atoms with van der Waals surface area (Å²) in [5.74, 6) is 0.0841. The fourth-order valence-electron chi connectivity index (χ4n) is 3.51. The number of pyridine rings is 2. The second-order valence-corrected chi connectivity index (χ2v) is 8.19. The van der Waals surface area contributed by atoms with E-state index in [0.29, 0.717) is 35.4 Å². The summed E-state index contributed by atoms with van der Waals surface area (Å²) in [6.45, 7) is 2.00. The number of carbonyl (C=O) groups excluding carboxylic acids is 1. The summed E-state index contributed by atoms with van der Waals surface area (Å²) in [7, 11) is 0. The molecule has 0 radical (unpaired) electrons. The number of nitrogens with two attached hydrogens (primary N) is 1. The Labute approximate surface area is 182 Å². The van der Waals surface area contributed by atoms with Crippen LogP contribution in [0, 0.1) is 23.7 Å². The van der Waals surface area contributed by atoms with Crippen LogP contribution >= 0.6 is 0 Å². The van der Waals surface area contributed by atoms with Gasteiger partial charge < -0.3 is 10.6 Å². The fraction of sp³-hybridized carbons (Fsp3) is 0.304. The zero-order valence-electron chi connectivity index (χ0n) is 17.3. The summed E-state index contributed by atoms with van der Waals surface area (Å²) in [6, 6.07) is 11.3. The van der Waals surface area contributed by atoms with Gasteiger partial charge in [-0.1, -0.05) is 0 Å². The highest BCUT2D eigenvalue weighted by Gasteiger charge is 2.45. The van der Waals surface area contributed by atoms with Crippen molar-refractivity contribution in [2.75, 3.05) is 12.3 Å². The number of fused-ring (bicyclic) bond motifs is 1. The standard InChI is InChI=1S/C23H20F3N5O/c1-14-8-16-9-15(2-5-19(16)30-20(14)28)21(32)31(13-22(12-27)6-7-22)11-18-4-3-17(10-29-18)23(24,25)26/h2-5,8-10H,6-7,11,13H2,1H3,(H2,28,30). The van der Waals surface area contributed by atoms with E-state index in [1.165, 1.54) is 11.0 Å². The molecule has 9 heteroatoms. The molecule has 32 heavy (non-hydrogen) atoms. The first kappa shape index (κ1) is 21.6. The lowest BCUT2D eigenvalue weighted by Gasteiger charge is -2.25. The Kier molecular flexibility index (Phi) is 5.25. The molecule has 1 aliphatic carbocycles. The zero-order valence-corrected chi connectivity index (χ0v) is 17.3. The molecule has 6 nitrogen and oxygen atoms in total. The maximum atomic E-state index is 13.4. The number of benzene rings is 1. The molecule has 0 atom stereocenters. The number of nitrogens with zero attached hydrogens (tertiary/aromatic N) is 4. The molecule has 0 bridgehead atoms. The first-order valence-corrected chi connectivity index (χ1v) is 10.00. The number of aryl methyl sites for hydroxylation is 1. The average Bonchev–Trinajstić information content (AvgIpc) is 3.53. The number of amides is 1. The second-order valence-electron chi connectivity index (χ2n) is 8.19. The molecule has 2 heterocycles. The molecule has 1 aliphatic rings. The summed E-state index contributed by atoms with van der Waals surface area (Å²) >= 11 is 0. The number of hydrogen-bond acceptors (Lipinski definition) is 5. The Morgan fingerprint density at radius 3 is 2.59 bits per heavy atom. The Bertz CT molecular complexity index is 1230. The van der Waals surface area contributed by atoms with Crippen LogP contribution in [-0.4, -0.2) is 27.3 Å². The molecular weight excluding hydrogens is 419 g/mol. The Hall–Kier alpha value is -3.67. The summed E-state index contributed by atoms with van der Waals surface area (Å²) in [5.41, 5.74) is 6.52. The molecule has 0 unspecified atom stereocenters. The Morgan fingerprint density at radius 1 is 1.25 bits per heavy atom. The van der Waals surface area contributed by atoms with Gasteiger partial charge in [-0.2, -0.15) is 18.4 Å². The normalized spacial score (nSPS) is 14.7. The topological polar surface area (TPSA) is 95.9 Å². The van der Waals surface area contributed by atoms with E-state index in [1.807, 2.05) is 13.0 Å². The highest BCUT2D eigenvalue weighted by molar-refractivity contribution is 5.98. The molecule has 164 valence electrons. The Balaban J connectivity index is 1.64. The summed E-state index contributed by atoms with van der Waals surface area (Å²) < 4.78 is 38.5. The quantitative estimate of drug-likeness (QED) is 0.632. The van der Waals surface area contributed by atoms with E-state index in [-0.39, 0.29) is 19.0 Å². The fourth-order valence-corrected chi connectivity index (χ4v) is 3.51. The van der Waals surface area contributed by atoms with E-state index >= 15 is 0 Å². The number of nitriles is 1. The van der Waals surface area contributed by atoms with Gasteiger partial charge in [0.15, 0.2) is 0 Å². The monoisotopic (exact) mass is 439 g/mol. The summed E-state index contributed by atoms with van der Waals surface area (Å²) in [5, 5.41) is 10.2. The van der Waals surface area contributed by atoms with Gasteiger partial charge in [0, 0.05) is 23.7 Å². The van der Waals surface area contributed by atoms with Crippen LogP contribution in [0.2, 0.25) is 0 Å². The van der Waals surface area contributed by atoms with Crippen molar-refractivity contribution in [1.29, 1.82) is 5.26 Å². The Morgan fingerprint density at radius 2 is 2.00 bits per heavy atom. The summed E-state index contributed by atoms with van der Waals surface area (Å²) in [6.07, 6.45) is -2.38. The van der Waals surface area contributed by atoms with Crippen molar-refractivity contribution in [3.05, 3.63) is 65.0 Å². The van der Waals surface area contributed by atoms with E-state index in [2.05, 4.69) is 16.0 Å². The first-order valence-electron chi connectivity index (χ1n) is 10.00.